The van der Waals surface area contributed by atoms with Gasteiger partial charge in [0.05, 0.1) is 12.5 Å². The molecule has 0 aromatic heterocycles. The third kappa shape index (κ3) is 2.56. The molecule has 18 heavy (non-hydrogen) atoms. The number of carbonyl (C=O) groups excluding carboxylic acids is 1. The number of aliphatic hydroxyl groups excluding tert-OH is 1. The van der Waals surface area contributed by atoms with Crippen molar-refractivity contribution in [2.45, 2.75) is 44.8 Å². The molecule has 1 aromatic rings. The van der Waals surface area contributed by atoms with E-state index in [0.29, 0.717) is 12.8 Å². The first kappa shape index (κ1) is 13.1. The molecule has 0 bridgehead atoms. The van der Waals surface area contributed by atoms with Crippen molar-refractivity contribution in [3.63, 3.8) is 0 Å². The molecule has 0 unspecified atom stereocenters. The van der Waals surface area contributed by atoms with Crippen molar-refractivity contribution in [2.24, 2.45) is 5.92 Å². The summed E-state index contributed by atoms with van der Waals surface area (Å²) in [5.74, 6) is -0.139. The molecule has 3 atom stereocenters. The largest absolute Gasteiger partial charge is 0.456 e. The Kier molecular flexibility index (Phi) is 3.71. The quantitative estimate of drug-likeness (QED) is 0.832. The van der Waals surface area contributed by atoms with Gasteiger partial charge in [0, 0.05) is 5.92 Å². The lowest BCUT2D eigenvalue weighted by atomic mass is 9.83. The summed E-state index contributed by atoms with van der Waals surface area (Å²) >= 11 is 0. The minimum absolute atomic E-state index is 0.0655. The van der Waals surface area contributed by atoms with Crippen LogP contribution in [0.15, 0.2) is 30.3 Å². The number of esters is 1. The topological polar surface area (TPSA) is 46.5 Å². The van der Waals surface area contributed by atoms with Crippen LogP contribution in [0.1, 0.15) is 32.3 Å². The van der Waals surface area contributed by atoms with E-state index in [9.17, 15) is 9.90 Å². The Hall–Kier alpha value is -1.35. The first-order valence-corrected chi connectivity index (χ1v) is 6.46. The molecule has 1 aliphatic rings. The average Bonchev–Trinajstić information content (AvgIpc) is 2.62. The number of benzene rings is 1. The second kappa shape index (κ2) is 5.11. The van der Waals surface area contributed by atoms with Crippen LogP contribution >= 0.6 is 0 Å². The molecule has 3 heteroatoms. The molecule has 2 rings (SSSR count). The fourth-order valence-electron chi connectivity index (χ4n) is 2.47. The number of aryl methyl sites for hydroxylation is 1. The molecule has 98 valence electrons. The first-order valence-electron chi connectivity index (χ1n) is 6.46. The highest BCUT2D eigenvalue weighted by atomic mass is 16.6. The van der Waals surface area contributed by atoms with Crippen LogP contribution in [0.5, 0.6) is 0 Å². The summed E-state index contributed by atoms with van der Waals surface area (Å²) in [5, 5.41) is 10.3. The van der Waals surface area contributed by atoms with Gasteiger partial charge in [-0.15, -0.1) is 0 Å². The minimum atomic E-state index is -0.730. The zero-order valence-electron chi connectivity index (χ0n) is 10.9. The van der Waals surface area contributed by atoms with Gasteiger partial charge in [-0.2, -0.15) is 0 Å². The molecular formula is C15H20O3. The molecule has 1 N–H and O–H groups in total. The molecule has 0 radical (unpaired) electrons. The summed E-state index contributed by atoms with van der Waals surface area (Å²) in [7, 11) is 0. The van der Waals surface area contributed by atoms with Gasteiger partial charge in [0.25, 0.3) is 0 Å². The third-order valence-electron chi connectivity index (χ3n) is 4.00. The Labute approximate surface area is 108 Å². The van der Waals surface area contributed by atoms with Crippen LogP contribution < -0.4 is 0 Å². The number of cyclic esters (lactones) is 1. The van der Waals surface area contributed by atoms with Gasteiger partial charge in [-0.25, -0.2) is 0 Å². The predicted molar refractivity (Wildman–Crippen MR) is 69.0 cm³/mol. The van der Waals surface area contributed by atoms with Crippen LogP contribution in [0.4, 0.5) is 0 Å². The van der Waals surface area contributed by atoms with E-state index in [2.05, 4.69) is 0 Å². The van der Waals surface area contributed by atoms with E-state index in [1.54, 1.807) is 0 Å². The lowest BCUT2D eigenvalue weighted by molar-refractivity contribution is -0.159. The van der Waals surface area contributed by atoms with Gasteiger partial charge in [0.2, 0.25) is 0 Å². The van der Waals surface area contributed by atoms with Gasteiger partial charge in [-0.1, -0.05) is 37.3 Å². The molecule has 0 amide bonds. The number of hydrogen-bond donors (Lipinski definition) is 1. The Balaban J connectivity index is 1.96. The van der Waals surface area contributed by atoms with Gasteiger partial charge < -0.3 is 9.84 Å². The zero-order chi connectivity index (χ0) is 13.2. The van der Waals surface area contributed by atoms with Crippen LogP contribution in [0, 0.1) is 5.92 Å². The van der Waals surface area contributed by atoms with Crippen molar-refractivity contribution in [1.82, 2.24) is 0 Å². The molecule has 0 spiro atoms. The second-order valence-electron chi connectivity index (χ2n) is 5.30. The van der Waals surface area contributed by atoms with Gasteiger partial charge >= 0.3 is 5.97 Å². The Morgan fingerprint density at radius 3 is 2.67 bits per heavy atom. The number of rotatable bonds is 4. The fourth-order valence-corrected chi connectivity index (χ4v) is 2.47. The second-order valence-corrected chi connectivity index (χ2v) is 5.30. The van der Waals surface area contributed by atoms with E-state index >= 15 is 0 Å². The molecule has 0 aliphatic carbocycles. The molecular weight excluding hydrogens is 228 g/mol. The summed E-state index contributed by atoms with van der Waals surface area (Å²) in [6.07, 6.45) is 1.19. The lowest BCUT2D eigenvalue weighted by Crippen LogP contribution is -2.43. The van der Waals surface area contributed by atoms with E-state index in [4.69, 9.17) is 4.74 Å². The van der Waals surface area contributed by atoms with Crippen molar-refractivity contribution in [1.29, 1.82) is 0 Å². The van der Waals surface area contributed by atoms with Gasteiger partial charge in [-0.05, 0) is 25.3 Å². The van der Waals surface area contributed by atoms with Crippen molar-refractivity contribution in [2.75, 3.05) is 0 Å². The van der Waals surface area contributed by atoms with Gasteiger partial charge in [-0.3, -0.25) is 4.79 Å². The number of ether oxygens (including phenoxy) is 1. The minimum Gasteiger partial charge on any atom is -0.456 e. The van der Waals surface area contributed by atoms with Crippen LogP contribution in [0.3, 0.4) is 0 Å². The Morgan fingerprint density at radius 2 is 2.11 bits per heavy atom. The third-order valence-corrected chi connectivity index (χ3v) is 4.00. The monoisotopic (exact) mass is 248 g/mol. The van der Waals surface area contributed by atoms with Crippen LogP contribution in [0.25, 0.3) is 0 Å². The summed E-state index contributed by atoms with van der Waals surface area (Å²) in [4.78, 5) is 11.3. The summed E-state index contributed by atoms with van der Waals surface area (Å²) in [5.41, 5.74) is 0.461. The van der Waals surface area contributed by atoms with Crippen molar-refractivity contribution in [3.8, 4) is 0 Å². The molecule has 1 fully saturated rings. The maximum absolute atomic E-state index is 11.3. The van der Waals surface area contributed by atoms with Crippen molar-refractivity contribution >= 4 is 5.97 Å². The number of carbonyl (C=O) groups is 1. The highest BCUT2D eigenvalue weighted by Crippen LogP contribution is 2.36. The Morgan fingerprint density at radius 1 is 1.44 bits per heavy atom. The van der Waals surface area contributed by atoms with Crippen LogP contribution in [-0.4, -0.2) is 22.8 Å². The predicted octanol–water partition coefficient (Wildman–Crippen LogP) is 2.32. The Bertz CT molecular complexity index is 415. The maximum Gasteiger partial charge on any atom is 0.306 e. The number of hydrogen-bond acceptors (Lipinski definition) is 3. The molecule has 1 aliphatic heterocycles. The standard InChI is InChI=1S/C15H20O3/c1-11-10-14(17)18-15(11,2)13(16)9-8-12-6-4-3-5-7-12/h3-7,11,13,16H,8-10H2,1-2H3/t11-,13-,15-/m1/s1. The van der Waals surface area contributed by atoms with Crippen molar-refractivity contribution < 1.29 is 14.6 Å². The average molecular weight is 248 g/mol. The first-order chi connectivity index (χ1) is 8.52. The SMILES string of the molecule is C[C@@H]1CC(=O)O[C@@]1(C)[C@H](O)CCc1ccccc1. The summed E-state index contributed by atoms with van der Waals surface area (Å²) in [6, 6.07) is 10.0. The van der Waals surface area contributed by atoms with E-state index in [1.165, 1.54) is 5.56 Å². The summed E-state index contributed by atoms with van der Waals surface area (Å²) in [6.45, 7) is 3.79. The smallest absolute Gasteiger partial charge is 0.306 e. The fraction of sp³-hybridized carbons (Fsp3) is 0.533. The molecule has 1 aromatic carbocycles. The summed E-state index contributed by atoms with van der Waals surface area (Å²) < 4.78 is 5.32. The van der Waals surface area contributed by atoms with E-state index < -0.39 is 11.7 Å². The van der Waals surface area contributed by atoms with E-state index in [-0.39, 0.29) is 11.9 Å². The zero-order valence-corrected chi connectivity index (χ0v) is 10.9. The van der Waals surface area contributed by atoms with Gasteiger partial charge in [0.1, 0.15) is 5.60 Å². The van der Waals surface area contributed by atoms with Crippen LogP contribution in [-0.2, 0) is 16.0 Å². The molecule has 3 nitrogen and oxygen atoms in total. The lowest BCUT2D eigenvalue weighted by Gasteiger charge is -2.32. The molecule has 1 heterocycles. The van der Waals surface area contributed by atoms with Crippen LogP contribution in [0.2, 0.25) is 0 Å². The molecule has 0 saturated carbocycles. The van der Waals surface area contributed by atoms with Crippen molar-refractivity contribution in [3.05, 3.63) is 35.9 Å². The van der Waals surface area contributed by atoms with E-state index in [0.717, 1.165) is 6.42 Å². The molecule has 1 saturated heterocycles. The highest BCUT2D eigenvalue weighted by Gasteiger charge is 2.47. The highest BCUT2D eigenvalue weighted by molar-refractivity contribution is 5.72. The van der Waals surface area contributed by atoms with E-state index in [1.807, 2.05) is 44.2 Å². The number of aliphatic hydroxyl groups is 1. The van der Waals surface area contributed by atoms with Gasteiger partial charge in [0.15, 0.2) is 0 Å². The maximum atomic E-state index is 11.3. The normalized spacial score (nSPS) is 29.1.